The molecule has 0 fully saturated rings. The Balaban J connectivity index is 2.89. The van der Waals surface area contributed by atoms with E-state index in [0.29, 0.717) is 24.6 Å². The Morgan fingerprint density at radius 3 is 2.68 bits per heavy atom. The van der Waals surface area contributed by atoms with Crippen LogP contribution in [0, 0.1) is 13.8 Å². The molecule has 0 atom stereocenters. The fourth-order valence-electron chi connectivity index (χ4n) is 1.85. The summed E-state index contributed by atoms with van der Waals surface area (Å²) in [6.07, 6.45) is 0. The molecule has 0 bridgehead atoms. The summed E-state index contributed by atoms with van der Waals surface area (Å²) in [5.74, 6) is 0. The molecule has 0 radical (unpaired) electrons. The normalized spacial score (nSPS) is 12.0. The molecular weight excluding hydrogens is 270 g/mol. The van der Waals surface area contributed by atoms with Gasteiger partial charge in [0.1, 0.15) is 4.90 Å². The minimum absolute atomic E-state index is 0.0841. The third-order valence-electron chi connectivity index (χ3n) is 2.64. The van der Waals surface area contributed by atoms with Gasteiger partial charge in [-0.3, -0.25) is 4.68 Å². The van der Waals surface area contributed by atoms with Gasteiger partial charge in [-0.1, -0.05) is 0 Å². The predicted octanol–water partition coefficient (Wildman–Crippen LogP) is -0.193. The highest BCUT2D eigenvalue weighted by Crippen LogP contribution is 2.18. The third kappa shape index (κ3) is 4.00. The van der Waals surface area contributed by atoms with Crippen LogP contribution in [-0.2, 0) is 21.3 Å². The van der Waals surface area contributed by atoms with Crippen LogP contribution in [0.5, 0.6) is 0 Å². The molecule has 0 aromatic carbocycles. The number of nitrogens with zero attached hydrogens (tertiary/aromatic N) is 2. The maximum atomic E-state index is 12.2. The molecule has 0 aliphatic heterocycles. The van der Waals surface area contributed by atoms with E-state index in [1.165, 1.54) is 4.68 Å². The van der Waals surface area contributed by atoms with Crippen molar-refractivity contribution in [3.05, 3.63) is 11.4 Å². The van der Waals surface area contributed by atoms with E-state index in [1.807, 2.05) is 6.92 Å². The maximum absolute atomic E-state index is 12.2. The van der Waals surface area contributed by atoms with Crippen molar-refractivity contribution in [2.75, 3.05) is 26.4 Å². The van der Waals surface area contributed by atoms with Crippen molar-refractivity contribution in [2.45, 2.75) is 32.2 Å². The molecule has 8 heteroatoms. The van der Waals surface area contributed by atoms with Crippen molar-refractivity contribution in [3.63, 3.8) is 0 Å². The van der Waals surface area contributed by atoms with Crippen LogP contribution in [0.1, 0.15) is 18.3 Å². The van der Waals surface area contributed by atoms with Crippen LogP contribution in [0.25, 0.3) is 0 Å². The van der Waals surface area contributed by atoms with Gasteiger partial charge in [0.15, 0.2) is 0 Å². The highest BCUT2D eigenvalue weighted by atomic mass is 32.2. The van der Waals surface area contributed by atoms with Gasteiger partial charge in [0, 0.05) is 13.2 Å². The van der Waals surface area contributed by atoms with Crippen LogP contribution in [0.2, 0.25) is 0 Å². The van der Waals surface area contributed by atoms with Gasteiger partial charge in [0.2, 0.25) is 10.0 Å². The topological polar surface area (TPSA) is 93.5 Å². The first-order valence-electron chi connectivity index (χ1n) is 6.16. The molecule has 1 aromatic rings. The summed E-state index contributed by atoms with van der Waals surface area (Å²) < 4.78 is 33.4. The smallest absolute Gasteiger partial charge is 0.244 e. The van der Waals surface area contributed by atoms with Crippen LogP contribution >= 0.6 is 0 Å². The Kier molecular flexibility index (Phi) is 5.92. The molecule has 0 aliphatic carbocycles. The fraction of sp³-hybridized carbons (Fsp3) is 0.727. The lowest BCUT2D eigenvalue weighted by Gasteiger charge is -2.07. The average Bonchev–Trinajstić information content (AvgIpc) is 2.61. The van der Waals surface area contributed by atoms with Gasteiger partial charge in [0.05, 0.1) is 31.1 Å². The van der Waals surface area contributed by atoms with E-state index < -0.39 is 10.0 Å². The molecular formula is C11H21N3O4S. The molecule has 1 heterocycles. The zero-order chi connectivity index (χ0) is 14.5. The van der Waals surface area contributed by atoms with Crippen LogP contribution in [0.4, 0.5) is 0 Å². The molecule has 0 spiro atoms. The zero-order valence-electron chi connectivity index (χ0n) is 11.5. The number of nitrogens with one attached hydrogen (secondary N) is 1. The van der Waals surface area contributed by atoms with E-state index >= 15 is 0 Å². The number of sulfonamides is 1. The molecule has 1 aromatic heterocycles. The zero-order valence-corrected chi connectivity index (χ0v) is 12.3. The number of aryl methyl sites for hydroxylation is 1. The van der Waals surface area contributed by atoms with E-state index in [0.717, 1.165) is 0 Å². The van der Waals surface area contributed by atoms with Crippen molar-refractivity contribution in [2.24, 2.45) is 0 Å². The molecule has 19 heavy (non-hydrogen) atoms. The fourth-order valence-corrected chi connectivity index (χ4v) is 3.27. The van der Waals surface area contributed by atoms with Crippen molar-refractivity contribution >= 4 is 10.0 Å². The van der Waals surface area contributed by atoms with Gasteiger partial charge in [-0.15, -0.1) is 0 Å². The monoisotopic (exact) mass is 291 g/mol. The van der Waals surface area contributed by atoms with Gasteiger partial charge < -0.3 is 9.84 Å². The second-order valence-corrected chi connectivity index (χ2v) is 5.75. The molecule has 1 rings (SSSR count). The Morgan fingerprint density at radius 1 is 1.42 bits per heavy atom. The summed E-state index contributed by atoms with van der Waals surface area (Å²) in [7, 11) is -3.59. The van der Waals surface area contributed by atoms with Gasteiger partial charge in [-0.05, 0) is 20.8 Å². The summed E-state index contributed by atoms with van der Waals surface area (Å²) >= 11 is 0. The largest absolute Gasteiger partial charge is 0.394 e. The number of aliphatic hydroxyl groups is 1. The highest BCUT2D eigenvalue weighted by Gasteiger charge is 2.23. The molecule has 0 amide bonds. The lowest BCUT2D eigenvalue weighted by atomic mass is 10.4. The summed E-state index contributed by atoms with van der Waals surface area (Å²) in [5, 5.41) is 13.0. The van der Waals surface area contributed by atoms with Crippen molar-refractivity contribution in [3.8, 4) is 0 Å². The number of aromatic nitrogens is 2. The molecule has 0 saturated heterocycles. The van der Waals surface area contributed by atoms with E-state index in [-0.39, 0.29) is 24.6 Å². The minimum Gasteiger partial charge on any atom is -0.394 e. The summed E-state index contributed by atoms with van der Waals surface area (Å²) in [6.45, 7) is 6.46. The Labute approximate surface area is 113 Å². The Morgan fingerprint density at radius 2 is 2.11 bits per heavy atom. The molecule has 0 saturated carbocycles. The molecule has 2 N–H and O–H groups in total. The summed E-state index contributed by atoms with van der Waals surface area (Å²) in [4.78, 5) is 0.178. The van der Waals surface area contributed by atoms with E-state index in [9.17, 15) is 8.42 Å². The lowest BCUT2D eigenvalue weighted by molar-refractivity contribution is 0.153. The molecule has 110 valence electrons. The van der Waals surface area contributed by atoms with Crippen LogP contribution in [0.3, 0.4) is 0 Å². The quantitative estimate of drug-likeness (QED) is 0.647. The van der Waals surface area contributed by atoms with E-state index in [4.69, 9.17) is 9.84 Å². The first-order chi connectivity index (χ1) is 8.94. The van der Waals surface area contributed by atoms with E-state index in [2.05, 4.69) is 9.82 Å². The number of aliphatic hydroxyl groups excluding tert-OH is 1. The number of hydrogen-bond acceptors (Lipinski definition) is 5. The number of hydrogen-bond donors (Lipinski definition) is 2. The van der Waals surface area contributed by atoms with E-state index in [1.54, 1.807) is 13.8 Å². The van der Waals surface area contributed by atoms with Crippen molar-refractivity contribution in [1.82, 2.24) is 14.5 Å². The SMILES string of the molecule is CCOCCNS(=O)(=O)c1c(C)nn(CCO)c1C. The number of ether oxygens (including phenoxy) is 1. The second-order valence-electron chi connectivity index (χ2n) is 4.04. The van der Waals surface area contributed by atoms with Crippen molar-refractivity contribution in [1.29, 1.82) is 0 Å². The minimum atomic E-state index is -3.59. The highest BCUT2D eigenvalue weighted by molar-refractivity contribution is 7.89. The summed E-state index contributed by atoms with van der Waals surface area (Å²) in [6, 6.07) is 0. The van der Waals surface area contributed by atoms with Crippen LogP contribution in [0.15, 0.2) is 4.90 Å². The molecule has 0 aliphatic rings. The predicted molar refractivity (Wildman–Crippen MR) is 70.5 cm³/mol. The van der Waals surface area contributed by atoms with Crippen molar-refractivity contribution < 1.29 is 18.3 Å². The van der Waals surface area contributed by atoms with Gasteiger partial charge in [0.25, 0.3) is 0 Å². The first-order valence-corrected chi connectivity index (χ1v) is 7.64. The van der Waals surface area contributed by atoms with Crippen LogP contribution in [-0.4, -0.2) is 49.7 Å². The van der Waals surface area contributed by atoms with Gasteiger partial charge in [-0.25, -0.2) is 13.1 Å². The maximum Gasteiger partial charge on any atom is 0.244 e. The standard InChI is InChI=1S/C11H21N3O4S/c1-4-18-8-5-12-19(16,17)11-9(2)13-14(6-7-15)10(11)3/h12,15H,4-8H2,1-3H3. The first kappa shape index (κ1) is 16.1. The Hall–Kier alpha value is -0.960. The molecule has 0 unspecified atom stereocenters. The summed E-state index contributed by atoms with van der Waals surface area (Å²) in [5.41, 5.74) is 0.949. The third-order valence-corrected chi connectivity index (χ3v) is 4.35. The lowest BCUT2D eigenvalue weighted by Crippen LogP contribution is -2.28. The second kappa shape index (κ2) is 6.99. The van der Waals surface area contributed by atoms with Gasteiger partial charge >= 0.3 is 0 Å². The Bertz CT molecular complexity index is 510. The van der Waals surface area contributed by atoms with Gasteiger partial charge in [-0.2, -0.15) is 5.10 Å². The number of rotatable bonds is 8. The molecule has 7 nitrogen and oxygen atoms in total. The van der Waals surface area contributed by atoms with Crippen LogP contribution < -0.4 is 4.72 Å². The average molecular weight is 291 g/mol.